The summed E-state index contributed by atoms with van der Waals surface area (Å²) in [6.45, 7) is 0. The second kappa shape index (κ2) is 6.93. The number of carbonyl (C=O) groups excluding carboxylic acids is 2. The maximum absolute atomic E-state index is 12.5. The number of hydrogen-bond acceptors (Lipinski definition) is 8. The Balaban J connectivity index is 2.24. The number of phenolic OH excluding ortho intramolecular Hbond substituents is 1. The van der Waals surface area contributed by atoms with E-state index in [-0.39, 0.29) is 10.6 Å². The van der Waals surface area contributed by atoms with E-state index in [2.05, 4.69) is 4.98 Å². The number of benzene rings is 1. The van der Waals surface area contributed by atoms with Gasteiger partial charge in [0.25, 0.3) is 0 Å². The first-order chi connectivity index (χ1) is 12.0. The van der Waals surface area contributed by atoms with E-state index < -0.39 is 29.0 Å². The predicted octanol–water partition coefficient (Wildman–Crippen LogP) is 1.71. The van der Waals surface area contributed by atoms with Gasteiger partial charge < -0.3 is 19.6 Å². The summed E-state index contributed by atoms with van der Waals surface area (Å²) in [7, 11) is 2.47. The zero-order chi connectivity index (χ0) is 18.1. The molecule has 0 radical (unpaired) electrons. The summed E-state index contributed by atoms with van der Waals surface area (Å²) in [5.74, 6) is -2.86. The van der Waals surface area contributed by atoms with E-state index >= 15 is 0 Å². The van der Waals surface area contributed by atoms with Gasteiger partial charge in [0.05, 0.1) is 25.2 Å². The lowest BCUT2D eigenvalue weighted by Crippen LogP contribution is -2.40. The van der Waals surface area contributed by atoms with Crippen LogP contribution in [-0.2, 0) is 19.1 Å². The van der Waals surface area contributed by atoms with Crippen LogP contribution in [0, 0.1) is 5.92 Å². The second-order valence-corrected chi connectivity index (χ2v) is 7.52. The first-order valence-electron chi connectivity index (χ1n) is 7.31. The number of carbonyl (C=O) groups is 2. The van der Waals surface area contributed by atoms with Gasteiger partial charge in [-0.25, -0.2) is 0 Å². The maximum atomic E-state index is 12.5. The largest absolute Gasteiger partial charge is 0.508 e. The van der Waals surface area contributed by atoms with Gasteiger partial charge >= 0.3 is 16.8 Å². The van der Waals surface area contributed by atoms with Crippen LogP contribution in [0.4, 0.5) is 0 Å². The quantitative estimate of drug-likeness (QED) is 0.780. The number of fused-ring (bicyclic) bond motifs is 1. The van der Waals surface area contributed by atoms with E-state index in [9.17, 15) is 19.5 Å². The number of aromatic amines is 1. The highest BCUT2D eigenvalue weighted by Gasteiger charge is 2.49. The van der Waals surface area contributed by atoms with Crippen LogP contribution >= 0.6 is 23.1 Å². The van der Waals surface area contributed by atoms with Gasteiger partial charge in [0.15, 0.2) is 0 Å². The van der Waals surface area contributed by atoms with Crippen LogP contribution in [0.3, 0.4) is 0 Å². The first-order valence-corrected chi connectivity index (χ1v) is 9.00. The molecule has 1 aliphatic rings. The van der Waals surface area contributed by atoms with Crippen LogP contribution in [0.2, 0.25) is 0 Å². The Morgan fingerprint density at radius 3 is 2.48 bits per heavy atom. The fourth-order valence-corrected chi connectivity index (χ4v) is 5.44. The number of para-hydroxylation sites is 1. The molecule has 0 unspecified atom stereocenters. The molecule has 3 rings (SSSR count). The molecule has 0 fully saturated rings. The second-order valence-electron chi connectivity index (χ2n) is 5.35. The molecule has 1 aromatic carbocycles. The van der Waals surface area contributed by atoms with Gasteiger partial charge in [0.1, 0.15) is 11.0 Å². The van der Waals surface area contributed by atoms with Crippen molar-refractivity contribution in [3.8, 4) is 5.75 Å². The van der Waals surface area contributed by atoms with Crippen molar-refractivity contribution < 1.29 is 24.2 Å². The van der Waals surface area contributed by atoms with E-state index in [4.69, 9.17) is 9.47 Å². The number of esters is 2. The molecule has 132 valence electrons. The topological polar surface area (TPSA) is 106 Å². The number of rotatable bonds is 3. The lowest BCUT2D eigenvalue weighted by Gasteiger charge is -2.34. The van der Waals surface area contributed by atoms with Crippen LogP contribution in [0.1, 0.15) is 16.4 Å². The van der Waals surface area contributed by atoms with Crippen molar-refractivity contribution in [1.82, 2.24) is 4.98 Å². The highest BCUT2D eigenvalue weighted by Crippen LogP contribution is 2.51. The van der Waals surface area contributed by atoms with Crippen molar-refractivity contribution in [2.45, 2.75) is 16.2 Å². The molecule has 0 saturated carbocycles. The van der Waals surface area contributed by atoms with Crippen LogP contribution < -0.4 is 4.87 Å². The Kier molecular flexibility index (Phi) is 4.87. The monoisotopic (exact) mass is 381 g/mol. The number of aromatic nitrogens is 1. The summed E-state index contributed by atoms with van der Waals surface area (Å²) in [5.41, 5.74) is 0.448. The molecular formula is C16H15NO6S2. The van der Waals surface area contributed by atoms with Crippen molar-refractivity contribution in [3.63, 3.8) is 0 Å². The van der Waals surface area contributed by atoms with E-state index in [1.54, 1.807) is 18.2 Å². The summed E-state index contributed by atoms with van der Waals surface area (Å²) < 4.78 is 9.73. The van der Waals surface area contributed by atoms with Gasteiger partial charge in [0.2, 0.25) is 0 Å². The molecule has 2 N–H and O–H groups in total. The van der Waals surface area contributed by atoms with Crippen molar-refractivity contribution in [3.05, 3.63) is 44.4 Å². The highest BCUT2D eigenvalue weighted by molar-refractivity contribution is 8.00. The number of thioether (sulfide) groups is 1. The Bertz CT molecular complexity index is 874. The zero-order valence-corrected chi connectivity index (χ0v) is 15.0. The number of H-pyrrole nitrogens is 1. The minimum absolute atomic E-state index is 0.0243. The minimum Gasteiger partial charge on any atom is -0.508 e. The standard InChI is InChI=1S/C16H15NO6S2/c1-22-14(19)10-9(7-5-3-4-6-8(7)18)11-13(17-16(21)25-11)24-12(10)15(20)23-2/h3-6,9-10,12,18H,1-2H3,(H,17,21)/t9-,10-,12-/m0/s1. The van der Waals surface area contributed by atoms with Gasteiger partial charge in [-0.15, -0.1) is 0 Å². The molecule has 1 aliphatic heterocycles. The summed E-state index contributed by atoms with van der Waals surface area (Å²) in [5, 5.41) is 9.89. The number of thiazole rings is 1. The van der Waals surface area contributed by atoms with Gasteiger partial charge in [-0.3, -0.25) is 14.4 Å². The van der Waals surface area contributed by atoms with Crippen molar-refractivity contribution in [2.75, 3.05) is 14.2 Å². The molecule has 7 nitrogen and oxygen atoms in total. The zero-order valence-electron chi connectivity index (χ0n) is 13.3. The maximum Gasteiger partial charge on any atom is 0.320 e. The molecule has 2 aromatic rings. The fraction of sp³-hybridized carbons (Fsp3) is 0.312. The van der Waals surface area contributed by atoms with E-state index in [1.165, 1.54) is 20.3 Å². The Labute approximate surface area is 151 Å². The third-order valence-corrected chi connectivity index (χ3v) is 6.43. The number of aromatic hydroxyl groups is 1. The first kappa shape index (κ1) is 17.6. The SMILES string of the molecule is COC(=O)[C@H]1[C@H](c2ccccc2O)c2sc(=O)[nH]c2S[C@@H]1C(=O)OC. The third kappa shape index (κ3) is 3.05. The molecule has 0 bridgehead atoms. The number of methoxy groups -OCH3 is 2. The lowest BCUT2D eigenvalue weighted by atomic mass is 9.81. The Morgan fingerprint density at radius 1 is 1.16 bits per heavy atom. The Hall–Kier alpha value is -2.26. The molecule has 0 aliphatic carbocycles. The number of ether oxygens (including phenoxy) is 2. The highest BCUT2D eigenvalue weighted by atomic mass is 32.2. The van der Waals surface area contributed by atoms with Gasteiger partial charge in [0, 0.05) is 16.4 Å². The fourth-order valence-electron chi connectivity index (χ4n) is 2.95. The third-order valence-electron chi connectivity index (χ3n) is 4.03. The molecule has 0 amide bonds. The summed E-state index contributed by atoms with van der Waals surface area (Å²) in [6, 6.07) is 6.52. The molecular weight excluding hydrogens is 366 g/mol. The van der Waals surface area contributed by atoms with Gasteiger partial charge in [-0.2, -0.15) is 0 Å². The minimum atomic E-state index is -0.935. The molecule has 0 spiro atoms. The van der Waals surface area contributed by atoms with Gasteiger partial charge in [-0.1, -0.05) is 41.3 Å². The summed E-state index contributed by atoms with van der Waals surface area (Å²) in [4.78, 5) is 39.6. The van der Waals surface area contributed by atoms with E-state index in [0.717, 1.165) is 23.1 Å². The van der Waals surface area contributed by atoms with Gasteiger partial charge in [-0.05, 0) is 6.07 Å². The van der Waals surface area contributed by atoms with Crippen LogP contribution in [-0.4, -0.2) is 41.5 Å². The molecule has 3 atom stereocenters. The normalized spacial score (nSPS) is 22.1. The molecule has 25 heavy (non-hydrogen) atoms. The van der Waals surface area contributed by atoms with Crippen LogP contribution in [0.15, 0.2) is 34.1 Å². The van der Waals surface area contributed by atoms with Crippen LogP contribution in [0.5, 0.6) is 5.75 Å². The molecule has 0 saturated heterocycles. The summed E-state index contributed by atoms with van der Waals surface area (Å²) >= 11 is 2.02. The molecule has 1 aromatic heterocycles. The number of phenols is 1. The Morgan fingerprint density at radius 2 is 1.84 bits per heavy atom. The average Bonchev–Trinajstić information content (AvgIpc) is 2.99. The van der Waals surface area contributed by atoms with Crippen molar-refractivity contribution in [2.24, 2.45) is 5.92 Å². The average molecular weight is 381 g/mol. The molecule has 9 heteroatoms. The number of nitrogens with one attached hydrogen (secondary N) is 1. The smallest absolute Gasteiger partial charge is 0.320 e. The summed E-state index contributed by atoms with van der Waals surface area (Å²) in [6.07, 6.45) is 0. The van der Waals surface area contributed by atoms with Crippen LogP contribution in [0.25, 0.3) is 0 Å². The van der Waals surface area contributed by atoms with Crippen molar-refractivity contribution >= 4 is 35.0 Å². The number of hydrogen-bond donors (Lipinski definition) is 2. The van der Waals surface area contributed by atoms with Crippen molar-refractivity contribution in [1.29, 1.82) is 0 Å². The van der Waals surface area contributed by atoms with E-state index in [0.29, 0.717) is 15.5 Å². The lowest BCUT2D eigenvalue weighted by molar-refractivity contribution is -0.151. The van der Waals surface area contributed by atoms with E-state index in [1.807, 2.05) is 0 Å². The molecule has 2 heterocycles. The predicted molar refractivity (Wildman–Crippen MR) is 92.1 cm³/mol.